The lowest BCUT2D eigenvalue weighted by Crippen LogP contribution is -2.28. The van der Waals surface area contributed by atoms with Crippen LogP contribution in [0.15, 0.2) is 24.3 Å². The Balaban J connectivity index is 1.70. The molecule has 0 aromatic heterocycles. The average molecular weight is 321 g/mol. The van der Waals surface area contributed by atoms with E-state index in [0.29, 0.717) is 23.6 Å². The van der Waals surface area contributed by atoms with Gasteiger partial charge in [-0.2, -0.15) is 10.5 Å². The summed E-state index contributed by atoms with van der Waals surface area (Å²) in [7, 11) is 0.309. The third-order valence-electron chi connectivity index (χ3n) is 4.17. The quantitative estimate of drug-likeness (QED) is 0.864. The van der Waals surface area contributed by atoms with E-state index in [-0.39, 0.29) is 12.2 Å². The first-order valence-corrected chi connectivity index (χ1v) is 9.41. The fraction of sp³-hybridized carbons (Fsp3) is 0.500. The lowest BCUT2D eigenvalue weighted by molar-refractivity contribution is 0.145. The molecule has 3 rings (SSSR count). The molecule has 1 aromatic rings. The van der Waals surface area contributed by atoms with Gasteiger partial charge in [-0.15, -0.1) is 0 Å². The molecule has 2 saturated heterocycles. The molecule has 2 atom stereocenters. The number of carbonyl (C=O) groups is 1. The van der Waals surface area contributed by atoms with E-state index in [4.69, 9.17) is 10.5 Å². The Morgan fingerprint density at radius 1 is 1.23 bits per heavy atom. The molecule has 22 heavy (non-hydrogen) atoms. The molecule has 6 heteroatoms. The first kappa shape index (κ1) is 15.4. The van der Waals surface area contributed by atoms with Crippen LogP contribution in [0.5, 0.6) is 0 Å². The maximum atomic E-state index is 11.8. The maximum absolute atomic E-state index is 11.8. The first-order chi connectivity index (χ1) is 10.7. The summed E-state index contributed by atoms with van der Waals surface area (Å²) in [5.74, 6) is 6.60. The summed E-state index contributed by atoms with van der Waals surface area (Å²) >= 11 is 0. The zero-order valence-corrected chi connectivity index (χ0v) is 13.6. The third-order valence-corrected chi connectivity index (χ3v) is 5.80. The third kappa shape index (κ3) is 3.28. The molecule has 1 amide bonds. The fourth-order valence-electron chi connectivity index (χ4n) is 2.87. The van der Waals surface area contributed by atoms with E-state index in [9.17, 15) is 4.79 Å². The molecule has 120 valence electrons. The fourth-order valence-corrected chi connectivity index (χ4v) is 4.09. The molecule has 2 heterocycles. The molecule has 2 aliphatic heterocycles. The molecular formula is C16H23N3O2S. The highest BCUT2D eigenvalue weighted by molar-refractivity contribution is 8.14. The summed E-state index contributed by atoms with van der Waals surface area (Å²) in [4.78, 5) is 15.9. The van der Waals surface area contributed by atoms with Gasteiger partial charge in [0.1, 0.15) is 6.10 Å². The molecule has 2 fully saturated rings. The van der Waals surface area contributed by atoms with E-state index < -0.39 is 0 Å². The highest BCUT2D eigenvalue weighted by Crippen LogP contribution is 2.26. The van der Waals surface area contributed by atoms with E-state index in [2.05, 4.69) is 22.9 Å². The van der Waals surface area contributed by atoms with Gasteiger partial charge in [0.2, 0.25) is 0 Å². The molecule has 2 aliphatic rings. The van der Waals surface area contributed by atoms with E-state index >= 15 is 0 Å². The number of hydrogen-bond donors (Lipinski definition) is 1. The number of hydrogen-bond acceptors (Lipinski definition) is 4. The van der Waals surface area contributed by atoms with Crippen molar-refractivity contribution >= 4 is 33.8 Å². The number of nitrogens with two attached hydrogens (primary N) is 1. The highest BCUT2D eigenvalue weighted by Gasteiger charge is 2.31. The Morgan fingerprint density at radius 3 is 2.64 bits per heavy atom. The smallest absolute Gasteiger partial charge is 0.414 e. The van der Waals surface area contributed by atoms with Gasteiger partial charge in [0.15, 0.2) is 0 Å². The normalized spacial score (nSPS) is 26.0. The summed E-state index contributed by atoms with van der Waals surface area (Å²) in [5.41, 5.74) is 7.65. The van der Waals surface area contributed by atoms with Crippen molar-refractivity contribution in [2.75, 3.05) is 47.5 Å². The Kier molecular flexibility index (Phi) is 4.69. The predicted octanol–water partition coefficient (Wildman–Crippen LogP) is 1.88. The van der Waals surface area contributed by atoms with Gasteiger partial charge in [-0.05, 0) is 36.4 Å². The van der Waals surface area contributed by atoms with Crippen LogP contribution in [0.4, 0.5) is 16.2 Å². The number of cyclic esters (lactones) is 1. The van der Waals surface area contributed by atoms with Crippen molar-refractivity contribution in [1.29, 1.82) is 0 Å². The predicted molar refractivity (Wildman–Crippen MR) is 94.4 cm³/mol. The van der Waals surface area contributed by atoms with Crippen molar-refractivity contribution in [3.8, 4) is 0 Å². The van der Waals surface area contributed by atoms with Crippen LogP contribution in [0.25, 0.3) is 0 Å². The van der Waals surface area contributed by atoms with Crippen molar-refractivity contribution in [3.05, 3.63) is 24.3 Å². The van der Waals surface area contributed by atoms with Crippen LogP contribution in [-0.4, -0.2) is 55.8 Å². The largest absolute Gasteiger partial charge is 0.443 e. The number of rotatable bonds is 3. The SMILES string of the molecule is C=S1CCCN(c2ccc(N3C[C@H](CN)OC3=O)cc2)CC1. The second-order valence-corrected chi connectivity index (χ2v) is 7.77. The molecule has 1 aromatic carbocycles. The van der Waals surface area contributed by atoms with Crippen LogP contribution in [0.1, 0.15) is 6.42 Å². The lowest BCUT2D eigenvalue weighted by atomic mass is 10.2. The summed E-state index contributed by atoms with van der Waals surface area (Å²) < 4.78 is 5.20. The number of amides is 1. The van der Waals surface area contributed by atoms with Crippen LogP contribution in [-0.2, 0) is 4.74 Å². The zero-order valence-electron chi connectivity index (χ0n) is 12.7. The Labute approximate surface area is 133 Å². The first-order valence-electron chi connectivity index (χ1n) is 7.68. The zero-order chi connectivity index (χ0) is 15.5. The molecule has 2 N–H and O–H groups in total. The van der Waals surface area contributed by atoms with Crippen LogP contribution in [0, 0.1) is 0 Å². The van der Waals surface area contributed by atoms with Crippen LogP contribution in [0.3, 0.4) is 0 Å². The van der Waals surface area contributed by atoms with Crippen molar-refractivity contribution in [1.82, 2.24) is 0 Å². The molecule has 0 aliphatic carbocycles. The highest BCUT2D eigenvalue weighted by atomic mass is 32.2. The standard InChI is InChI=1S/C16H23N3O2S/c1-22-9-2-7-18(8-10-22)13-3-5-14(6-4-13)19-12-15(11-17)21-16(19)20/h3-6,15H,1-2,7-12,17H2/t15-,22?/m0/s1. The van der Waals surface area contributed by atoms with Gasteiger partial charge in [-0.3, -0.25) is 4.90 Å². The molecule has 0 bridgehead atoms. The van der Waals surface area contributed by atoms with Crippen molar-refractivity contribution in [2.45, 2.75) is 12.5 Å². The second kappa shape index (κ2) is 6.71. The van der Waals surface area contributed by atoms with Crippen LogP contribution < -0.4 is 15.5 Å². The molecule has 0 spiro atoms. The summed E-state index contributed by atoms with van der Waals surface area (Å²) in [6.45, 7) is 3.04. The molecule has 5 nitrogen and oxygen atoms in total. The Bertz CT molecular complexity index is 561. The van der Waals surface area contributed by atoms with Crippen molar-refractivity contribution < 1.29 is 9.53 Å². The number of carbonyl (C=O) groups excluding carboxylic acids is 1. The second-order valence-electron chi connectivity index (χ2n) is 5.73. The summed E-state index contributed by atoms with van der Waals surface area (Å²) in [6.07, 6.45) is 0.692. The minimum Gasteiger partial charge on any atom is -0.443 e. The number of nitrogens with zero attached hydrogens (tertiary/aromatic N) is 2. The lowest BCUT2D eigenvalue weighted by Gasteiger charge is -2.23. The summed E-state index contributed by atoms with van der Waals surface area (Å²) in [5, 5.41) is 0. The van der Waals surface area contributed by atoms with Gasteiger partial charge in [0, 0.05) is 36.8 Å². The maximum Gasteiger partial charge on any atom is 0.414 e. The number of anilines is 2. The van der Waals surface area contributed by atoms with Gasteiger partial charge in [-0.1, -0.05) is 5.87 Å². The summed E-state index contributed by atoms with van der Waals surface area (Å²) in [6, 6.07) is 8.16. The molecule has 0 saturated carbocycles. The van der Waals surface area contributed by atoms with Gasteiger partial charge >= 0.3 is 6.09 Å². The Morgan fingerprint density at radius 2 is 1.95 bits per heavy atom. The monoisotopic (exact) mass is 321 g/mol. The topological polar surface area (TPSA) is 58.8 Å². The molecule has 0 radical (unpaired) electrons. The van der Waals surface area contributed by atoms with E-state index in [1.54, 1.807) is 4.90 Å². The van der Waals surface area contributed by atoms with Gasteiger partial charge in [0.05, 0.1) is 6.54 Å². The van der Waals surface area contributed by atoms with Crippen molar-refractivity contribution in [2.24, 2.45) is 5.73 Å². The number of benzene rings is 1. The van der Waals surface area contributed by atoms with E-state index in [1.807, 2.05) is 12.1 Å². The Hall–Kier alpha value is -1.53. The van der Waals surface area contributed by atoms with Gasteiger partial charge < -0.3 is 15.4 Å². The average Bonchev–Trinajstić information content (AvgIpc) is 2.78. The minimum atomic E-state index is -0.306. The molecular weight excluding hydrogens is 298 g/mol. The van der Waals surface area contributed by atoms with Crippen molar-refractivity contribution in [3.63, 3.8) is 0 Å². The van der Waals surface area contributed by atoms with Gasteiger partial charge in [0.25, 0.3) is 0 Å². The van der Waals surface area contributed by atoms with Crippen LogP contribution >= 0.6 is 10.5 Å². The van der Waals surface area contributed by atoms with Crippen LogP contribution in [0.2, 0.25) is 0 Å². The van der Waals surface area contributed by atoms with Gasteiger partial charge in [-0.25, -0.2) is 4.79 Å². The van der Waals surface area contributed by atoms with E-state index in [1.165, 1.54) is 23.6 Å². The minimum absolute atomic E-state index is 0.201. The number of ether oxygens (including phenoxy) is 1. The van der Waals surface area contributed by atoms with E-state index in [0.717, 1.165) is 18.8 Å². The molecule has 1 unspecified atom stereocenters.